The van der Waals surface area contributed by atoms with E-state index in [0.29, 0.717) is 5.57 Å². The van der Waals surface area contributed by atoms with Crippen LogP contribution in [0.3, 0.4) is 0 Å². The summed E-state index contributed by atoms with van der Waals surface area (Å²) in [6.07, 6.45) is -2.17. The number of aliphatic hydroxyl groups is 4. The topological polar surface area (TPSA) is 134 Å². The van der Waals surface area contributed by atoms with Gasteiger partial charge in [-0.1, -0.05) is 32.7 Å². The van der Waals surface area contributed by atoms with E-state index in [4.69, 9.17) is 14.6 Å². The van der Waals surface area contributed by atoms with Gasteiger partial charge in [-0.15, -0.1) is 6.58 Å². The average Bonchev–Trinajstić information content (AvgIpc) is 2.70. The summed E-state index contributed by atoms with van der Waals surface area (Å²) in [6, 6.07) is 0. The van der Waals surface area contributed by atoms with Gasteiger partial charge in [0.15, 0.2) is 0 Å². The van der Waals surface area contributed by atoms with E-state index in [1.165, 1.54) is 0 Å². The van der Waals surface area contributed by atoms with Crippen molar-refractivity contribution >= 4 is 11.9 Å². The third-order valence-corrected chi connectivity index (χ3v) is 5.52. The Morgan fingerprint density at radius 1 is 1.24 bits per heavy atom. The summed E-state index contributed by atoms with van der Waals surface area (Å²) in [7, 11) is 1.15. The summed E-state index contributed by atoms with van der Waals surface area (Å²) in [6.45, 7) is 15.3. The van der Waals surface area contributed by atoms with Gasteiger partial charge in [-0.3, -0.25) is 0 Å². The van der Waals surface area contributed by atoms with Crippen molar-refractivity contribution < 1.29 is 39.5 Å². The van der Waals surface area contributed by atoms with Gasteiger partial charge in [0.1, 0.15) is 12.2 Å². The number of carbonyl (C=O) groups excluding carboxylic acids is 2. The molecule has 1 saturated carbocycles. The Hall–Kier alpha value is -2.26. The maximum absolute atomic E-state index is 12.4. The van der Waals surface area contributed by atoms with Crippen LogP contribution < -0.4 is 0 Å². The highest BCUT2D eigenvalue weighted by molar-refractivity contribution is 5.90. The van der Waals surface area contributed by atoms with Crippen LogP contribution in [-0.2, 0) is 19.1 Å². The molecule has 29 heavy (non-hydrogen) atoms. The normalized spacial score (nSPS) is 30.0. The van der Waals surface area contributed by atoms with E-state index in [1.807, 2.05) is 0 Å². The lowest BCUT2D eigenvalue weighted by Crippen LogP contribution is -2.54. The number of aliphatic hydroxyl groups excluding tert-OH is 4. The predicted octanol–water partition coefficient (Wildman–Crippen LogP) is 0.275. The van der Waals surface area contributed by atoms with Crippen molar-refractivity contribution in [3.63, 3.8) is 0 Å². The number of hydrogen-bond acceptors (Lipinski definition) is 8. The lowest BCUT2D eigenvalue weighted by molar-refractivity contribution is -0.162. The first kappa shape index (κ1) is 24.8. The van der Waals surface area contributed by atoms with Crippen molar-refractivity contribution in [2.75, 3.05) is 20.3 Å². The molecular weight excluding hydrogens is 380 g/mol. The Labute approximate surface area is 170 Å². The molecule has 8 nitrogen and oxygen atoms in total. The number of methoxy groups -OCH3 is 1. The van der Waals surface area contributed by atoms with Crippen LogP contribution in [0, 0.1) is 17.3 Å². The van der Waals surface area contributed by atoms with Crippen LogP contribution in [0.15, 0.2) is 49.1 Å². The van der Waals surface area contributed by atoms with Crippen molar-refractivity contribution in [1.82, 2.24) is 0 Å². The molecule has 8 heteroatoms. The third kappa shape index (κ3) is 5.02. The molecule has 0 aromatic rings. The van der Waals surface area contributed by atoms with Gasteiger partial charge in [0.2, 0.25) is 0 Å². The Morgan fingerprint density at radius 3 is 2.28 bits per heavy atom. The van der Waals surface area contributed by atoms with Gasteiger partial charge in [0, 0.05) is 11.5 Å². The van der Waals surface area contributed by atoms with Crippen molar-refractivity contribution in [3.8, 4) is 0 Å². The number of ether oxygens (including phenoxy) is 2. The van der Waals surface area contributed by atoms with Crippen LogP contribution in [0.2, 0.25) is 0 Å². The molecule has 0 aromatic heterocycles. The quantitative estimate of drug-likeness (QED) is 0.242. The maximum Gasteiger partial charge on any atom is 0.336 e. The zero-order chi connectivity index (χ0) is 22.5. The number of allylic oxidation sites excluding steroid dienone is 1. The van der Waals surface area contributed by atoms with Crippen LogP contribution in [-0.4, -0.2) is 71.0 Å². The molecule has 1 rings (SSSR count). The monoisotopic (exact) mass is 410 g/mol. The first-order valence-corrected chi connectivity index (χ1v) is 9.05. The Bertz CT molecular complexity index is 697. The van der Waals surface area contributed by atoms with Crippen LogP contribution in [0.4, 0.5) is 0 Å². The molecule has 4 N–H and O–H groups in total. The minimum Gasteiger partial charge on any atom is -0.466 e. The minimum atomic E-state index is -1.51. The second kappa shape index (κ2) is 9.98. The SMILES string of the molecule is C=C[C@@]1(C)C[C@H](OC(=O)C(=C)[C@@H](O)CO)[C@@H](C(=C)C(=O)OC)[C@H](O)[C@H]1C(=C)CO. The molecule has 0 saturated heterocycles. The van der Waals surface area contributed by atoms with E-state index in [9.17, 15) is 24.9 Å². The molecule has 1 fully saturated rings. The van der Waals surface area contributed by atoms with Gasteiger partial charge in [-0.25, -0.2) is 9.59 Å². The van der Waals surface area contributed by atoms with Gasteiger partial charge in [-0.2, -0.15) is 0 Å². The summed E-state index contributed by atoms with van der Waals surface area (Å²) in [5.41, 5.74) is -0.999. The Kier molecular flexibility index (Phi) is 8.52. The molecule has 0 amide bonds. The molecule has 0 spiro atoms. The smallest absolute Gasteiger partial charge is 0.336 e. The number of carbonyl (C=O) groups is 2. The molecule has 6 atom stereocenters. The summed E-state index contributed by atoms with van der Waals surface area (Å²) in [4.78, 5) is 24.5. The zero-order valence-electron chi connectivity index (χ0n) is 16.8. The maximum atomic E-state index is 12.4. The molecule has 1 aliphatic carbocycles. The highest BCUT2D eigenvalue weighted by Crippen LogP contribution is 2.50. The van der Waals surface area contributed by atoms with Crippen LogP contribution >= 0.6 is 0 Å². The van der Waals surface area contributed by atoms with Gasteiger partial charge < -0.3 is 29.9 Å². The molecule has 0 aliphatic heterocycles. The Morgan fingerprint density at radius 2 is 1.83 bits per heavy atom. The number of hydrogen-bond donors (Lipinski definition) is 4. The van der Waals surface area contributed by atoms with Gasteiger partial charge >= 0.3 is 11.9 Å². The molecule has 0 radical (unpaired) electrons. The molecular formula is C21H30O8. The van der Waals surface area contributed by atoms with Gasteiger partial charge in [0.05, 0.1) is 37.9 Å². The van der Waals surface area contributed by atoms with Crippen LogP contribution in [0.1, 0.15) is 13.3 Å². The molecule has 0 bridgehead atoms. The fraction of sp³-hybridized carbons (Fsp3) is 0.524. The molecule has 1 aliphatic rings. The highest BCUT2D eigenvalue weighted by atomic mass is 16.5. The van der Waals surface area contributed by atoms with E-state index >= 15 is 0 Å². The van der Waals surface area contributed by atoms with Crippen LogP contribution in [0.25, 0.3) is 0 Å². The summed E-state index contributed by atoms with van der Waals surface area (Å²) in [5, 5.41) is 39.3. The summed E-state index contributed by atoms with van der Waals surface area (Å²) >= 11 is 0. The third-order valence-electron chi connectivity index (χ3n) is 5.52. The van der Waals surface area contributed by atoms with Crippen molar-refractivity contribution in [2.24, 2.45) is 17.3 Å². The van der Waals surface area contributed by atoms with Crippen molar-refractivity contribution in [3.05, 3.63) is 49.1 Å². The zero-order valence-corrected chi connectivity index (χ0v) is 16.8. The van der Waals surface area contributed by atoms with E-state index in [1.54, 1.807) is 13.0 Å². The molecule has 162 valence electrons. The van der Waals surface area contributed by atoms with E-state index in [2.05, 4.69) is 26.3 Å². The predicted molar refractivity (Wildman–Crippen MR) is 105 cm³/mol. The fourth-order valence-corrected chi connectivity index (χ4v) is 3.79. The molecule has 0 heterocycles. The summed E-state index contributed by atoms with van der Waals surface area (Å²) in [5.74, 6) is -3.54. The van der Waals surface area contributed by atoms with Gasteiger partial charge in [-0.05, 0) is 17.4 Å². The first-order chi connectivity index (χ1) is 13.5. The fourth-order valence-electron chi connectivity index (χ4n) is 3.79. The second-order valence-electron chi connectivity index (χ2n) is 7.41. The van der Waals surface area contributed by atoms with E-state index < -0.39 is 60.7 Å². The molecule has 0 aromatic carbocycles. The van der Waals surface area contributed by atoms with Crippen molar-refractivity contribution in [1.29, 1.82) is 0 Å². The average molecular weight is 410 g/mol. The van der Waals surface area contributed by atoms with E-state index in [0.717, 1.165) is 7.11 Å². The largest absolute Gasteiger partial charge is 0.466 e. The van der Waals surface area contributed by atoms with Crippen molar-refractivity contribution in [2.45, 2.75) is 31.7 Å². The Balaban J connectivity index is 3.38. The van der Waals surface area contributed by atoms with Gasteiger partial charge in [0.25, 0.3) is 0 Å². The highest BCUT2D eigenvalue weighted by Gasteiger charge is 2.53. The number of rotatable bonds is 9. The van der Waals surface area contributed by atoms with E-state index in [-0.39, 0.29) is 17.6 Å². The number of esters is 2. The lowest BCUT2D eigenvalue weighted by Gasteiger charge is -2.50. The lowest BCUT2D eigenvalue weighted by atomic mass is 9.58. The molecule has 0 unspecified atom stereocenters. The standard InChI is InChI=1S/C21H30O8/c1-7-21(5)8-15(29-20(27)12(3)14(24)10-23)16(13(4)19(26)28-6)18(25)17(21)11(2)9-22/h7,14-18,22-25H,1-4,8-10H2,5-6H3/t14-,15-,16+,17+,18-,21-/m0/s1. The second-order valence-corrected chi connectivity index (χ2v) is 7.41. The minimum absolute atomic E-state index is 0.117. The summed E-state index contributed by atoms with van der Waals surface area (Å²) < 4.78 is 10.2. The van der Waals surface area contributed by atoms with Crippen LogP contribution in [0.5, 0.6) is 0 Å². The first-order valence-electron chi connectivity index (χ1n) is 9.05.